The first kappa shape index (κ1) is 19.2. The number of halogens is 2. The van der Waals surface area contributed by atoms with Crippen LogP contribution in [-0.4, -0.2) is 22.2 Å². The Morgan fingerprint density at radius 2 is 1.04 bits per heavy atom. The number of benzene rings is 3. The van der Waals surface area contributed by atoms with Gasteiger partial charge in [0.1, 0.15) is 11.6 Å². The Kier molecular flexibility index (Phi) is 4.96. The van der Waals surface area contributed by atoms with Crippen molar-refractivity contribution in [2.24, 2.45) is 0 Å². The second-order valence-corrected chi connectivity index (χ2v) is 6.55. The fourth-order valence-corrected chi connectivity index (χ4v) is 3.23. The van der Waals surface area contributed by atoms with Gasteiger partial charge in [0.25, 0.3) is 0 Å². The van der Waals surface area contributed by atoms with Gasteiger partial charge in [0.2, 0.25) is 0 Å². The molecule has 0 radical (unpaired) electrons. The summed E-state index contributed by atoms with van der Waals surface area (Å²) in [5.41, 5.74) is 0.639. The third kappa shape index (κ3) is 3.49. The molecule has 6 heteroatoms. The maximum absolute atomic E-state index is 13.9. The van der Waals surface area contributed by atoms with E-state index in [1.165, 1.54) is 36.4 Å². The zero-order chi connectivity index (χ0) is 20.5. The van der Waals surface area contributed by atoms with Crippen LogP contribution in [0, 0.1) is 11.6 Å². The van der Waals surface area contributed by atoms with Crippen molar-refractivity contribution in [2.75, 3.05) is 0 Å². The predicted molar refractivity (Wildman–Crippen MR) is 98.7 cm³/mol. The lowest BCUT2D eigenvalue weighted by molar-refractivity contribution is 0.0686. The fraction of sp³-hybridized carbons (Fsp3) is 0.0909. The first-order valence-corrected chi connectivity index (χ1v) is 8.36. The molecule has 4 nitrogen and oxygen atoms in total. The summed E-state index contributed by atoms with van der Waals surface area (Å²) in [6, 6.07) is 15.2. The van der Waals surface area contributed by atoms with Gasteiger partial charge in [-0.3, -0.25) is 0 Å². The average molecular weight is 382 g/mol. The SMILES string of the molecule is CC(c1ccc(C(=O)O)cc1)(c1ccc(C(=O)O)cc1)c1cc(F)cc(F)c1. The van der Waals surface area contributed by atoms with Crippen LogP contribution < -0.4 is 0 Å². The van der Waals surface area contributed by atoms with Crippen molar-refractivity contribution in [2.45, 2.75) is 12.3 Å². The largest absolute Gasteiger partial charge is 0.478 e. The Labute approximate surface area is 159 Å². The molecule has 0 spiro atoms. The van der Waals surface area contributed by atoms with Gasteiger partial charge in [0.15, 0.2) is 0 Å². The molecule has 0 atom stereocenters. The van der Waals surface area contributed by atoms with Gasteiger partial charge in [-0.05, 0) is 60.0 Å². The van der Waals surface area contributed by atoms with Gasteiger partial charge in [0.05, 0.1) is 11.1 Å². The molecular weight excluding hydrogens is 366 g/mol. The lowest BCUT2D eigenvalue weighted by Crippen LogP contribution is -2.26. The van der Waals surface area contributed by atoms with E-state index in [4.69, 9.17) is 10.2 Å². The molecule has 28 heavy (non-hydrogen) atoms. The molecule has 0 unspecified atom stereocenters. The number of rotatable bonds is 5. The van der Waals surface area contributed by atoms with Crippen molar-refractivity contribution in [1.82, 2.24) is 0 Å². The van der Waals surface area contributed by atoms with Crippen LogP contribution in [-0.2, 0) is 5.41 Å². The molecule has 3 rings (SSSR count). The molecule has 0 saturated heterocycles. The van der Waals surface area contributed by atoms with Gasteiger partial charge < -0.3 is 10.2 Å². The highest BCUT2D eigenvalue weighted by Gasteiger charge is 2.32. The maximum atomic E-state index is 13.9. The molecule has 0 aliphatic carbocycles. The summed E-state index contributed by atoms with van der Waals surface area (Å²) in [7, 11) is 0. The van der Waals surface area contributed by atoms with E-state index < -0.39 is 29.0 Å². The topological polar surface area (TPSA) is 74.6 Å². The zero-order valence-corrected chi connectivity index (χ0v) is 14.8. The number of carbonyl (C=O) groups is 2. The van der Waals surface area contributed by atoms with Crippen LogP contribution in [0.3, 0.4) is 0 Å². The Bertz CT molecular complexity index is 963. The van der Waals surface area contributed by atoms with Gasteiger partial charge in [-0.25, -0.2) is 18.4 Å². The molecular formula is C22H16F2O4. The third-order valence-corrected chi connectivity index (χ3v) is 4.86. The highest BCUT2D eigenvalue weighted by Crippen LogP contribution is 2.39. The van der Waals surface area contributed by atoms with E-state index in [1.807, 2.05) is 0 Å². The predicted octanol–water partition coefficient (Wildman–Crippen LogP) is 4.72. The van der Waals surface area contributed by atoms with Gasteiger partial charge in [-0.15, -0.1) is 0 Å². The van der Waals surface area contributed by atoms with Gasteiger partial charge >= 0.3 is 11.9 Å². The van der Waals surface area contributed by atoms with Crippen LogP contribution in [0.4, 0.5) is 8.78 Å². The number of carboxylic acid groups (broad SMARTS) is 2. The molecule has 0 aliphatic heterocycles. The van der Waals surface area contributed by atoms with Crippen LogP contribution in [0.25, 0.3) is 0 Å². The number of aromatic carboxylic acids is 2. The van der Waals surface area contributed by atoms with Crippen molar-refractivity contribution in [1.29, 1.82) is 0 Å². The van der Waals surface area contributed by atoms with Gasteiger partial charge in [-0.2, -0.15) is 0 Å². The second kappa shape index (κ2) is 7.23. The van der Waals surface area contributed by atoms with Crippen molar-refractivity contribution in [3.05, 3.63) is 106 Å². The first-order chi connectivity index (χ1) is 13.2. The Morgan fingerprint density at radius 1 is 0.679 bits per heavy atom. The molecule has 2 N–H and O–H groups in total. The molecule has 0 aliphatic rings. The van der Waals surface area contributed by atoms with Crippen LogP contribution in [0.2, 0.25) is 0 Å². The van der Waals surface area contributed by atoms with Crippen molar-refractivity contribution in [3.8, 4) is 0 Å². The molecule has 0 aromatic heterocycles. The quantitative estimate of drug-likeness (QED) is 0.627. The standard InChI is InChI=1S/C22H16F2O4/c1-22(17-10-18(23)12-19(24)11-17,15-6-2-13(3-7-15)20(25)26)16-8-4-14(5-9-16)21(27)28/h2-12H,1H3,(H,25,26)(H,27,28). The minimum absolute atomic E-state index is 0.0812. The Balaban J connectivity index is 2.23. The summed E-state index contributed by atoms with van der Waals surface area (Å²) in [5.74, 6) is -3.66. The maximum Gasteiger partial charge on any atom is 0.335 e. The molecule has 0 amide bonds. The highest BCUT2D eigenvalue weighted by molar-refractivity contribution is 5.88. The molecule has 3 aromatic carbocycles. The van der Waals surface area contributed by atoms with Crippen LogP contribution in [0.5, 0.6) is 0 Å². The molecule has 0 heterocycles. The summed E-state index contributed by atoms with van der Waals surface area (Å²) in [6.07, 6.45) is 0. The van der Waals surface area contributed by atoms with E-state index >= 15 is 0 Å². The van der Waals surface area contributed by atoms with Crippen molar-refractivity contribution < 1.29 is 28.6 Å². The van der Waals surface area contributed by atoms with Crippen LogP contribution in [0.15, 0.2) is 66.7 Å². The van der Waals surface area contributed by atoms with Crippen molar-refractivity contribution in [3.63, 3.8) is 0 Å². The number of hydrogen-bond donors (Lipinski definition) is 2. The minimum atomic E-state index is -1.09. The molecule has 142 valence electrons. The summed E-state index contributed by atoms with van der Waals surface area (Å²) in [6.45, 7) is 1.74. The van der Waals surface area contributed by atoms with E-state index in [0.717, 1.165) is 6.07 Å². The van der Waals surface area contributed by atoms with Gasteiger partial charge in [0, 0.05) is 11.5 Å². The Morgan fingerprint density at radius 3 is 1.36 bits per heavy atom. The van der Waals surface area contributed by atoms with Gasteiger partial charge in [-0.1, -0.05) is 24.3 Å². The van der Waals surface area contributed by atoms with Crippen molar-refractivity contribution >= 4 is 11.9 Å². The summed E-state index contributed by atoms with van der Waals surface area (Å²) < 4.78 is 27.9. The van der Waals surface area contributed by atoms with E-state index in [2.05, 4.69) is 0 Å². The number of hydrogen-bond acceptors (Lipinski definition) is 2. The second-order valence-electron chi connectivity index (χ2n) is 6.55. The first-order valence-electron chi connectivity index (χ1n) is 8.36. The minimum Gasteiger partial charge on any atom is -0.478 e. The molecule has 0 saturated carbocycles. The molecule has 0 fully saturated rings. The molecule has 0 bridgehead atoms. The average Bonchev–Trinajstić information content (AvgIpc) is 2.66. The van der Waals surface area contributed by atoms with E-state index in [0.29, 0.717) is 16.7 Å². The lowest BCUT2D eigenvalue weighted by atomic mass is 9.71. The monoisotopic (exact) mass is 382 g/mol. The van der Waals surface area contributed by atoms with Crippen LogP contribution >= 0.6 is 0 Å². The van der Waals surface area contributed by atoms with E-state index in [-0.39, 0.29) is 11.1 Å². The lowest BCUT2D eigenvalue weighted by Gasteiger charge is -2.32. The zero-order valence-electron chi connectivity index (χ0n) is 14.8. The van der Waals surface area contributed by atoms with Crippen LogP contribution in [0.1, 0.15) is 44.3 Å². The Hall–Kier alpha value is -3.54. The fourth-order valence-electron chi connectivity index (χ4n) is 3.23. The number of carboxylic acids is 2. The van der Waals surface area contributed by atoms with E-state index in [9.17, 15) is 18.4 Å². The summed E-state index contributed by atoms with van der Waals surface area (Å²) in [5, 5.41) is 18.2. The third-order valence-electron chi connectivity index (χ3n) is 4.86. The van der Waals surface area contributed by atoms with E-state index in [1.54, 1.807) is 31.2 Å². The normalized spacial score (nSPS) is 11.2. The smallest absolute Gasteiger partial charge is 0.335 e. The summed E-state index contributed by atoms with van der Waals surface area (Å²) >= 11 is 0. The molecule has 3 aromatic rings. The summed E-state index contributed by atoms with van der Waals surface area (Å²) in [4.78, 5) is 22.3. The highest BCUT2D eigenvalue weighted by atomic mass is 19.1.